The van der Waals surface area contributed by atoms with E-state index in [9.17, 15) is 19.2 Å². The first-order valence-corrected chi connectivity index (χ1v) is 12.8. The van der Waals surface area contributed by atoms with Gasteiger partial charge in [0.05, 0.1) is 25.1 Å². The zero-order valence-corrected chi connectivity index (χ0v) is 22.4. The molecule has 0 aromatic heterocycles. The van der Waals surface area contributed by atoms with Crippen LogP contribution in [0.2, 0.25) is 5.02 Å². The number of ether oxygens (including phenoxy) is 2. The number of nitrogens with zero attached hydrogens (tertiary/aromatic N) is 1. The molecule has 0 fully saturated rings. The first kappa shape index (κ1) is 28.8. The Kier molecular flexibility index (Phi) is 10.3. The Morgan fingerprint density at radius 3 is 2.55 bits per heavy atom. The molecule has 204 valence electrons. The van der Waals surface area contributed by atoms with Crippen molar-refractivity contribution < 1.29 is 28.7 Å². The molecule has 2 atom stereocenters. The molecule has 0 radical (unpaired) electrons. The summed E-state index contributed by atoms with van der Waals surface area (Å²) >= 11 is 5.87. The highest BCUT2D eigenvalue weighted by Crippen LogP contribution is 2.19. The van der Waals surface area contributed by atoms with Gasteiger partial charge in [-0.3, -0.25) is 19.2 Å². The molecule has 2 aromatic carbocycles. The van der Waals surface area contributed by atoms with Crippen molar-refractivity contribution in [1.29, 1.82) is 0 Å². The van der Waals surface area contributed by atoms with E-state index in [0.29, 0.717) is 16.5 Å². The smallest absolute Gasteiger partial charge is 0.255 e. The minimum Gasteiger partial charge on any atom is -0.492 e. The van der Waals surface area contributed by atoms with Crippen LogP contribution in [0.25, 0.3) is 0 Å². The Morgan fingerprint density at radius 1 is 1.13 bits per heavy atom. The van der Waals surface area contributed by atoms with Gasteiger partial charge in [-0.1, -0.05) is 37.6 Å². The van der Waals surface area contributed by atoms with Crippen molar-refractivity contribution in [2.75, 3.05) is 33.4 Å². The molecule has 3 rings (SSSR count). The molecule has 38 heavy (non-hydrogen) atoms. The van der Waals surface area contributed by atoms with Crippen molar-refractivity contribution in [3.63, 3.8) is 0 Å². The van der Waals surface area contributed by atoms with E-state index in [2.05, 4.69) is 16.0 Å². The maximum Gasteiger partial charge on any atom is 0.255 e. The van der Waals surface area contributed by atoms with E-state index >= 15 is 0 Å². The summed E-state index contributed by atoms with van der Waals surface area (Å²) in [7, 11) is 1.63. The van der Waals surface area contributed by atoms with Crippen LogP contribution in [0.15, 0.2) is 48.5 Å². The van der Waals surface area contributed by atoms with Crippen molar-refractivity contribution in [2.24, 2.45) is 5.92 Å². The van der Waals surface area contributed by atoms with Gasteiger partial charge in [-0.05, 0) is 42.3 Å². The molecular weight excluding hydrogens is 512 g/mol. The maximum absolute atomic E-state index is 13.1. The minimum absolute atomic E-state index is 0.132. The Labute approximate surface area is 227 Å². The molecule has 1 heterocycles. The summed E-state index contributed by atoms with van der Waals surface area (Å²) in [5.74, 6) is -1.24. The van der Waals surface area contributed by atoms with Crippen LogP contribution in [0.3, 0.4) is 0 Å². The monoisotopic (exact) mass is 544 g/mol. The van der Waals surface area contributed by atoms with E-state index in [1.807, 2.05) is 13.8 Å². The van der Waals surface area contributed by atoms with Crippen molar-refractivity contribution in [2.45, 2.75) is 32.4 Å². The standard InChI is InChI=1S/C27H33ClN4O6/c1-17(2)24-27(36)32(3)13-15-38-22-7-5-4-6-20(22)25(34)30-21(16-23(33)31-24)26(35)29-12-14-37-19-10-8-18(28)9-11-19/h4-11,17,21,24H,12-16H2,1-3H3,(H,29,35)(H,30,34)(H,31,33)/t21-,24+/m0/s1. The van der Waals surface area contributed by atoms with E-state index in [-0.39, 0.29) is 50.1 Å². The van der Waals surface area contributed by atoms with Crippen LogP contribution >= 0.6 is 11.6 Å². The van der Waals surface area contributed by atoms with Crippen LogP contribution < -0.4 is 25.4 Å². The molecule has 2 aromatic rings. The number of carbonyl (C=O) groups is 4. The second kappa shape index (κ2) is 13.7. The normalized spacial score (nSPS) is 19.0. The number of halogens is 1. The average molecular weight is 545 g/mol. The van der Waals surface area contributed by atoms with Crippen LogP contribution in [0, 0.1) is 5.92 Å². The van der Waals surface area contributed by atoms with Crippen molar-refractivity contribution in [3.05, 3.63) is 59.1 Å². The summed E-state index contributed by atoms with van der Waals surface area (Å²) in [5.41, 5.74) is 0.211. The van der Waals surface area contributed by atoms with Crippen molar-refractivity contribution >= 4 is 35.2 Å². The fourth-order valence-corrected chi connectivity index (χ4v) is 3.92. The van der Waals surface area contributed by atoms with Gasteiger partial charge in [0.25, 0.3) is 5.91 Å². The summed E-state index contributed by atoms with van der Waals surface area (Å²) in [6.07, 6.45) is -0.362. The summed E-state index contributed by atoms with van der Waals surface area (Å²) in [6.45, 7) is 4.33. The van der Waals surface area contributed by atoms with Gasteiger partial charge in [0, 0.05) is 12.1 Å². The van der Waals surface area contributed by atoms with Crippen LogP contribution in [-0.2, 0) is 14.4 Å². The summed E-state index contributed by atoms with van der Waals surface area (Å²) in [4.78, 5) is 53.6. The number of carbonyl (C=O) groups excluding carboxylic acids is 4. The van der Waals surface area contributed by atoms with Gasteiger partial charge < -0.3 is 30.3 Å². The fraction of sp³-hybridized carbons (Fsp3) is 0.407. The molecule has 1 aliphatic heterocycles. The van der Waals surface area contributed by atoms with E-state index in [4.69, 9.17) is 21.1 Å². The summed E-state index contributed by atoms with van der Waals surface area (Å²) < 4.78 is 11.4. The van der Waals surface area contributed by atoms with Gasteiger partial charge >= 0.3 is 0 Å². The largest absolute Gasteiger partial charge is 0.492 e. The van der Waals surface area contributed by atoms with Crippen molar-refractivity contribution in [1.82, 2.24) is 20.9 Å². The lowest BCUT2D eigenvalue weighted by Crippen LogP contribution is -2.54. The lowest BCUT2D eigenvalue weighted by Gasteiger charge is -2.28. The van der Waals surface area contributed by atoms with Gasteiger partial charge in [-0.2, -0.15) is 0 Å². The lowest BCUT2D eigenvalue weighted by molar-refractivity contribution is -0.137. The quantitative estimate of drug-likeness (QED) is 0.478. The minimum atomic E-state index is -1.20. The van der Waals surface area contributed by atoms with E-state index in [1.165, 1.54) is 4.90 Å². The second-order valence-corrected chi connectivity index (χ2v) is 9.65. The van der Waals surface area contributed by atoms with E-state index in [1.54, 1.807) is 55.6 Å². The third-order valence-corrected chi connectivity index (χ3v) is 6.19. The fourth-order valence-electron chi connectivity index (χ4n) is 3.79. The highest BCUT2D eigenvalue weighted by atomic mass is 35.5. The highest BCUT2D eigenvalue weighted by Gasteiger charge is 2.31. The zero-order chi connectivity index (χ0) is 27.7. The summed E-state index contributed by atoms with van der Waals surface area (Å²) in [5, 5.41) is 8.64. The van der Waals surface area contributed by atoms with Crippen molar-refractivity contribution in [3.8, 4) is 11.5 Å². The number of benzene rings is 2. The zero-order valence-electron chi connectivity index (χ0n) is 21.7. The lowest BCUT2D eigenvalue weighted by atomic mass is 10.0. The molecular formula is C27H33ClN4O6. The molecule has 0 saturated heterocycles. The van der Waals surface area contributed by atoms with E-state index in [0.717, 1.165) is 0 Å². The van der Waals surface area contributed by atoms with Crippen LogP contribution in [0.5, 0.6) is 11.5 Å². The average Bonchev–Trinajstić information content (AvgIpc) is 2.89. The predicted octanol–water partition coefficient (Wildman–Crippen LogP) is 2.02. The van der Waals surface area contributed by atoms with Crippen LogP contribution in [0.4, 0.5) is 0 Å². The van der Waals surface area contributed by atoms with Gasteiger partial charge in [0.15, 0.2) is 0 Å². The van der Waals surface area contributed by atoms with Gasteiger partial charge in [0.2, 0.25) is 17.7 Å². The number of para-hydroxylation sites is 1. The number of fused-ring (bicyclic) bond motifs is 1. The summed E-state index contributed by atoms with van der Waals surface area (Å²) in [6, 6.07) is 11.4. The molecule has 0 unspecified atom stereocenters. The van der Waals surface area contributed by atoms with Gasteiger partial charge in [-0.25, -0.2) is 0 Å². The highest BCUT2D eigenvalue weighted by molar-refractivity contribution is 6.30. The molecule has 1 aliphatic rings. The SMILES string of the molecule is CC(C)[C@H]1NC(=O)C[C@@H](C(=O)NCCOc2ccc(Cl)cc2)NC(=O)c2ccccc2OCCN(C)C1=O. The third kappa shape index (κ3) is 8.11. The Hall–Kier alpha value is -3.79. The second-order valence-electron chi connectivity index (χ2n) is 9.22. The van der Waals surface area contributed by atoms with Crippen LogP contribution in [0.1, 0.15) is 30.6 Å². The molecule has 0 saturated carbocycles. The molecule has 0 aliphatic carbocycles. The predicted molar refractivity (Wildman–Crippen MR) is 142 cm³/mol. The Balaban J connectivity index is 1.76. The third-order valence-electron chi connectivity index (χ3n) is 5.94. The topological polar surface area (TPSA) is 126 Å². The van der Waals surface area contributed by atoms with Crippen LogP contribution in [-0.4, -0.2) is 74.0 Å². The number of likely N-dealkylation sites (N-methyl/N-ethyl adjacent to an activating group) is 1. The number of amides is 4. The first-order chi connectivity index (χ1) is 18.2. The first-order valence-electron chi connectivity index (χ1n) is 12.4. The molecule has 4 amide bonds. The van der Waals surface area contributed by atoms with Gasteiger partial charge in [-0.15, -0.1) is 0 Å². The molecule has 10 nitrogen and oxygen atoms in total. The number of hydrogen-bond acceptors (Lipinski definition) is 6. The maximum atomic E-state index is 13.1. The molecule has 0 spiro atoms. The Morgan fingerprint density at radius 2 is 1.84 bits per heavy atom. The number of nitrogens with one attached hydrogen (secondary N) is 3. The van der Waals surface area contributed by atoms with E-state index < -0.39 is 29.8 Å². The Bertz CT molecular complexity index is 1140. The van der Waals surface area contributed by atoms with Gasteiger partial charge in [0.1, 0.15) is 36.8 Å². The molecule has 11 heteroatoms. The molecule has 0 bridgehead atoms. The number of hydrogen-bond donors (Lipinski definition) is 3. The molecule has 3 N–H and O–H groups in total. The number of rotatable bonds is 6.